The van der Waals surface area contributed by atoms with E-state index in [0.717, 1.165) is 86.3 Å². The second-order valence-corrected chi connectivity index (χ2v) is 18.8. The third kappa shape index (κ3) is 7.31. The minimum atomic E-state index is 0.507. The number of aryl methyl sites for hydroxylation is 1. The fourth-order valence-corrected chi connectivity index (χ4v) is 11.7. The fraction of sp³-hybridized carbons (Fsp3) is 0.300. The van der Waals surface area contributed by atoms with Crippen LogP contribution in [0.5, 0.6) is 0 Å². The molecule has 2 aliphatic carbocycles. The molecule has 56 heavy (non-hydrogen) atoms. The van der Waals surface area contributed by atoms with Gasteiger partial charge in [-0.3, -0.25) is 4.68 Å². The van der Waals surface area contributed by atoms with Crippen molar-refractivity contribution in [3.63, 3.8) is 0 Å². The Bertz CT molecular complexity index is 2660. The number of rotatable bonds is 10. The Morgan fingerprint density at radius 2 is 1.54 bits per heavy atom. The van der Waals surface area contributed by atoms with Crippen molar-refractivity contribution >= 4 is 89.0 Å². The standard InChI is InChI=1S/C22H20N6OS2.C18H19N5S2/c1-28-12-15-10-14(11-24-19(15)27-28)20-25-18(13-6-4-3-5-7-13)16-17(23)22(30-9-8-29-2)31-21(16)26-20;19-14-13-15(10-3-1-4-10)22-16(11-7-20-9-21-8-11)23-17(13)25-18(14)24-12-5-2-6-12/h3-7,10-12H,8-9,23H2,1-2H3;7-10,12H,1-6,19H2. The monoisotopic (exact) mass is 817 g/mol. The summed E-state index contributed by atoms with van der Waals surface area (Å²) in [5.41, 5.74) is 20.1. The summed E-state index contributed by atoms with van der Waals surface area (Å²) in [5.74, 6) is 2.68. The smallest absolute Gasteiger partial charge is 0.181 e. The summed E-state index contributed by atoms with van der Waals surface area (Å²) in [6, 6.07) is 12.1. The van der Waals surface area contributed by atoms with Crippen molar-refractivity contribution in [1.82, 2.24) is 44.7 Å². The average Bonchev–Trinajstić information content (AvgIpc) is 3.83. The van der Waals surface area contributed by atoms with Gasteiger partial charge in [-0.15, -0.1) is 46.2 Å². The third-order valence-corrected chi connectivity index (χ3v) is 15.1. The Hall–Kier alpha value is -4.74. The number of thiophene rings is 2. The number of ether oxygens (including phenoxy) is 1. The number of pyridine rings is 1. The van der Waals surface area contributed by atoms with Gasteiger partial charge in [0, 0.05) is 72.4 Å². The first-order valence-electron chi connectivity index (χ1n) is 18.5. The number of nitrogens with zero attached hydrogens (tertiary/aromatic N) is 9. The molecule has 7 aromatic heterocycles. The molecule has 284 valence electrons. The number of nitrogen functional groups attached to an aromatic ring is 2. The Kier molecular flexibility index (Phi) is 10.5. The van der Waals surface area contributed by atoms with E-state index in [1.807, 2.05) is 61.4 Å². The van der Waals surface area contributed by atoms with Crippen LogP contribution in [0, 0.1) is 0 Å². The lowest BCUT2D eigenvalue weighted by Gasteiger charge is -2.26. The van der Waals surface area contributed by atoms with Gasteiger partial charge in [0.05, 0.1) is 54.1 Å². The molecule has 16 heteroatoms. The summed E-state index contributed by atoms with van der Waals surface area (Å²) in [6.07, 6.45) is 16.4. The lowest BCUT2D eigenvalue weighted by atomic mass is 9.81. The van der Waals surface area contributed by atoms with E-state index < -0.39 is 0 Å². The van der Waals surface area contributed by atoms with Crippen LogP contribution >= 0.6 is 46.2 Å². The second-order valence-electron chi connectivity index (χ2n) is 13.9. The van der Waals surface area contributed by atoms with E-state index in [9.17, 15) is 0 Å². The maximum Gasteiger partial charge on any atom is 0.181 e. The number of anilines is 2. The van der Waals surface area contributed by atoms with Gasteiger partial charge < -0.3 is 16.2 Å². The van der Waals surface area contributed by atoms with Gasteiger partial charge in [-0.05, 0) is 31.7 Å². The summed E-state index contributed by atoms with van der Waals surface area (Å²) < 4.78 is 9.20. The molecule has 0 amide bonds. The summed E-state index contributed by atoms with van der Waals surface area (Å²) in [5, 5.41) is 8.01. The zero-order chi connectivity index (χ0) is 38.2. The van der Waals surface area contributed by atoms with E-state index in [-0.39, 0.29) is 0 Å². The zero-order valence-corrected chi connectivity index (χ0v) is 34.1. The molecule has 2 fully saturated rings. The molecule has 0 unspecified atom stereocenters. The van der Waals surface area contributed by atoms with Crippen molar-refractivity contribution in [3.05, 3.63) is 73.2 Å². The van der Waals surface area contributed by atoms with Gasteiger partial charge in [0.15, 0.2) is 17.3 Å². The molecule has 12 nitrogen and oxygen atoms in total. The number of aromatic nitrogens is 9. The van der Waals surface area contributed by atoms with E-state index in [1.54, 1.807) is 64.8 Å². The Balaban J connectivity index is 0.000000149. The maximum atomic E-state index is 6.57. The Labute approximate surface area is 340 Å². The summed E-state index contributed by atoms with van der Waals surface area (Å²) >= 11 is 6.93. The summed E-state index contributed by atoms with van der Waals surface area (Å²) in [4.78, 5) is 34.1. The number of hydrogen-bond acceptors (Lipinski definition) is 15. The van der Waals surface area contributed by atoms with Gasteiger partial charge >= 0.3 is 0 Å². The Morgan fingerprint density at radius 1 is 0.821 bits per heavy atom. The van der Waals surface area contributed by atoms with Crippen LogP contribution in [0.15, 0.2) is 75.9 Å². The molecule has 2 aliphatic rings. The molecule has 0 spiro atoms. The topological polar surface area (TPSA) is 169 Å². The minimum Gasteiger partial charge on any atom is -0.397 e. The van der Waals surface area contributed by atoms with Gasteiger partial charge in [0.1, 0.15) is 16.0 Å². The van der Waals surface area contributed by atoms with Crippen molar-refractivity contribution in [2.75, 3.05) is 30.9 Å². The lowest BCUT2D eigenvalue weighted by Crippen LogP contribution is -2.13. The van der Waals surface area contributed by atoms with Crippen molar-refractivity contribution < 1.29 is 4.74 Å². The largest absolute Gasteiger partial charge is 0.397 e. The van der Waals surface area contributed by atoms with Crippen LogP contribution in [0.25, 0.3) is 65.5 Å². The highest BCUT2D eigenvalue weighted by Crippen LogP contribution is 2.49. The van der Waals surface area contributed by atoms with Crippen LogP contribution in [0.4, 0.5) is 11.4 Å². The first kappa shape index (κ1) is 36.9. The molecule has 0 atom stereocenters. The third-order valence-electron chi connectivity index (χ3n) is 10.1. The molecular formula is C40H39N11OS4. The van der Waals surface area contributed by atoms with E-state index in [4.69, 9.17) is 36.1 Å². The predicted octanol–water partition coefficient (Wildman–Crippen LogP) is 9.27. The molecule has 0 bridgehead atoms. The summed E-state index contributed by atoms with van der Waals surface area (Å²) in [7, 11) is 3.59. The van der Waals surface area contributed by atoms with Gasteiger partial charge in [-0.25, -0.2) is 34.9 Å². The van der Waals surface area contributed by atoms with E-state index >= 15 is 0 Å². The van der Waals surface area contributed by atoms with Crippen LogP contribution in [0.3, 0.4) is 0 Å². The maximum absolute atomic E-state index is 6.57. The van der Waals surface area contributed by atoms with Crippen LogP contribution in [0.2, 0.25) is 0 Å². The second kappa shape index (κ2) is 16.0. The number of nitrogens with two attached hydrogens (primary N) is 2. The van der Waals surface area contributed by atoms with Crippen molar-refractivity contribution in [1.29, 1.82) is 0 Å². The van der Waals surface area contributed by atoms with Gasteiger partial charge in [0.25, 0.3) is 0 Å². The number of thioether (sulfide) groups is 2. The first-order valence-corrected chi connectivity index (χ1v) is 22.0. The van der Waals surface area contributed by atoms with Crippen LogP contribution < -0.4 is 11.5 Å². The Morgan fingerprint density at radius 3 is 2.25 bits per heavy atom. The van der Waals surface area contributed by atoms with Crippen LogP contribution in [-0.2, 0) is 11.8 Å². The minimum absolute atomic E-state index is 0.507. The quantitative estimate of drug-likeness (QED) is 0.0990. The first-order chi connectivity index (χ1) is 27.4. The van der Waals surface area contributed by atoms with E-state index in [2.05, 4.69) is 20.1 Å². The number of fused-ring (bicyclic) bond motifs is 3. The lowest BCUT2D eigenvalue weighted by molar-refractivity contribution is 0.218. The van der Waals surface area contributed by atoms with Crippen molar-refractivity contribution in [2.45, 2.75) is 58.1 Å². The number of methoxy groups -OCH3 is 1. The predicted molar refractivity (Wildman–Crippen MR) is 230 cm³/mol. The summed E-state index contributed by atoms with van der Waals surface area (Å²) in [6.45, 7) is 0.664. The van der Waals surface area contributed by atoms with Gasteiger partial charge in [-0.1, -0.05) is 43.2 Å². The van der Waals surface area contributed by atoms with E-state index in [0.29, 0.717) is 24.0 Å². The molecule has 0 radical (unpaired) electrons. The molecule has 0 saturated heterocycles. The number of hydrogen-bond donors (Lipinski definition) is 2. The molecule has 10 rings (SSSR count). The highest BCUT2D eigenvalue weighted by molar-refractivity contribution is 8.02. The average molecular weight is 818 g/mol. The highest BCUT2D eigenvalue weighted by Gasteiger charge is 2.29. The molecular weight excluding hydrogens is 779 g/mol. The number of benzene rings is 1. The highest BCUT2D eigenvalue weighted by atomic mass is 32.2. The molecule has 7 heterocycles. The van der Waals surface area contributed by atoms with Gasteiger partial charge in [0.2, 0.25) is 0 Å². The molecule has 0 aliphatic heterocycles. The van der Waals surface area contributed by atoms with Crippen LogP contribution in [-0.4, -0.2) is 69.4 Å². The van der Waals surface area contributed by atoms with Crippen molar-refractivity contribution in [2.24, 2.45) is 7.05 Å². The fourth-order valence-electron chi connectivity index (χ4n) is 6.69. The molecule has 1 aromatic carbocycles. The zero-order valence-electron chi connectivity index (χ0n) is 30.9. The van der Waals surface area contributed by atoms with Gasteiger partial charge in [-0.2, -0.15) is 5.10 Å². The van der Waals surface area contributed by atoms with Crippen LogP contribution in [0.1, 0.15) is 50.1 Å². The molecule has 4 N–H and O–H groups in total. The normalized spacial score (nSPS) is 14.5. The molecule has 8 aromatic rings. The SMILES string of the molecule is COCCSc1sc2nc(-c3cnc4nn(C)cc4c3)nc(-c3ccccc3)c2c1N.Nc1c(SC2CCC2)sc2nc(-c3cncnc3)nc(C3CCC3)c12. The van der Waals surface area contributed by atoms with Crippen molar-refractivity contribution in [3.8, 4) is 34.0 Å². The molecule has 2 saturated carbocycles. The van der Waals surface area contributed by atoms with E-state index in [1.165, 1.54) is 49.1 Å².